The van der Waals surface area contributed by atoms with Crippen LogP contribution in [0.1, 0.15) is 34.1 Å². The monoisotopic (exact) mass is 488 g/mol. The van der Waals surface area contributed by atoms with E-state index < -0.39 is 47.7 Å². The first-order valence-electron chi connectivity index (χ1n) is 10.3. The molecule has 1 saturated heterocycles. The summed E-state index contributed by atoms with van der Waals surface area (Å²) in [5, 5.41) is 1.91. The predicted octanol–water partition coefficient (Wildman–Crippen LogP) is 4.57. The van der Waals surface area contributed by atoms with Crippen LogP contribution in [-0.2, 0) is 9.59 Å². The van der Waals surface area contributed by atoms with Crippen molar-refractivity contribution in [2.75, 3.05) is 6.54 Å². The van der Waals surface area contributed by atoms with Crippen molar-refractivity contribution in [3.8, 4) is 0 Å². The smallest absolute Gasteiger partial charge is 0.274 e. The summed E-state index contributed by atoms with van der Waals surface area (Å²) in [6.07, 6.45) is 4.07. The number of hydrazine groups is 1. The second-order valence-corrected chi connectivity index (χ2v) is 8.90. The van der Waals surface area contributed by atoms with E-state index in [4.69, 9.17) is 23.2 Å². The Bertz CT molecular complexity index is 1180. The van der Waals surface area contributed by atoms with Gasteiger partial charge in [-0.25, -0.2) is 9.40 Å². The fourth-order valence-electron chi connectivity index (χ4n) is 4.27. The molecule has 0 aromatic heterocycles. The Labute approximate surface area is 199 Å². The molecule has 1 aliphatic carbocycles. The van der Waals surface area contributed by atoms with E-state index in [0.29, 0.717) is 11.4 Å². The first kappa shape index (κ1) is 23.1. The highest BCUT2D eigenvalue weighted by atomic mass is 35.5. The molecule has 2 aromatic rings. The van der Waals surface area contributed by atoms with E-state index in [2.05, 4.69) is 0 Å². The van der Waals surface area contributed by atoms with Gasteiger partial charge in [0, 0.05) is 10.6 Å². The van der Waals surface area contributed by atoms with Crippen molar-refractivity contribution < 1.29 is 23.6 Å². The zero-order valence-electron chi connectivity index (χ0n) is 17.5. The summed E-state index contributed by atoms with van der Waals surface area (Å²) < 4.78 is 13.3. The van der Waals surface area contributed by atoms with E-state index >= 15 is 0 Å². The normalized spacial score (nSPS) is 21.8. The Morgan fingerprint density at radius 3 is 2.42 bits per heavy atom. The number of benzene rings is 2. The zero-order chi connectivity index (χ0) is 23.9. The van der Waals surface area contributed by atoms with Gasteiger partial charge < -0.3 is 0 Å². The highest BCUT2D eigenvalue weighted by Crippen LogP contribution is 2.39. The predicted molar refractivity (Wildman–Crippen MR) is 120 cm³/mol. The minimum absolute atomic E-state index is 0.0123. The number of Topliss-reactive ketones (excluding diaryl/α,β-unsaturated/α-hetero) is 1. The highest BCUT2D eigenvalue weighted by molar-refractivity contribution is 6.36. The van der Waals surface area contributed by atoms with Crippen LogP contribution in [0, 0.1) is 23.6 Å². The topological polar surface area (TPSA) is 74.8 Å². The maximum Gasteiger partial charge on any atom is 0.274 e. The number of fused-ring (bicyclic) bond motifs is 1. The van der Waals surface area contributed by atoms with Crippen molar-refractivity contribution in [2.45, 2.75) is 13.3 Å². The first-order chi connectivity index (χ1) is 15.7. The van der Waals surface area contributed by atoms with E-state index in [1.807, 2.05) is 19.1 Å². The Hall–Kier alpha value is -3.03. The number of rotatable bonds is 5. The summed E-state index contributed by atoms with van der Waals surface area (Å²) in [7, 11) is 0. The molecule has 9 heteroatoms. The number of halogens is 3. The molecule has 2 aliphatic rings. The van der Waals surface area contributed by atoms with E-state index in [-0.39, 0.29) is 22.1 Å². The third kappa shape index (κ3) is 4.30. The van der Waals surface area contributed by atoms with Gasteiger partial charge in [-0.15, -0.1) is 0 Å². The zero-order valence-corrected chi connectivity index (χ0v) is 19.0. The average Bonchev–Trinajstić information content (AvgIpc) is 3.03. The fourth-order valence-corrected chi connectivity index (χ4v) is 4.76. The Balaban J connectivity index is 1.73. The Morgan fingerprint density at radius 2 is 1.79 bits per heavy atom. The molecule has 0 radical (unpaired) electrons. The molecule has 0 saturated carbocycles. The summed E-state index contributed by atoms with van der Waals surface area (Å²) in [5.74, 6) is -4.44. The first-order valence-corrected chi connectivity index (χ1v) is 11.0. The van der Waals surface area contributed by atoms with Crippen LogP contribution in [0.15, 0.2) is 54.6 Å². The highest BCUT2D eigenvalue weighted by Gasteiger charge is 2.53. The number of imide groups is 1. The third-order valence-corrected chi connectivity index (χ3v) is 6.49. The largest absolute Gasteiger partial charge is 0.292 e. The van der Waals surface area contributed by atoms with Gasteiger partial charge in [-0.3, -0.25) is 19.2 Å². The van der Waals surface area contributed by atoms with Crippen LogP contribution in [-0.4, -0.2) is 40.1 Å². The van der Waals surface area contributed by atoms with Gasteiger partial charge in [-0.05, 0) is 54.8 Å². The number of allylic oxidation sites excluding steroid dienone is 2. The van der Waals surface area contributed by atoms with Gasteiger partial charge in [0.25, 0.3) is 17.7 Å². The van der Waals surface area contributed by atoms with Crippen LogP contribution in [0.25, 0.3) is 0 Å². The molecule has 6 nitrogen and oxygen atoms in total. The minimum atomic E-state index is -0.798. The maximum absolute atomic E-state index is 13.5. The molecule has 0 spiro atoms. The van der Waals surface area contributed by atoms with Gasteiger partial charge in [0.15, 0.2) is 5.78 Å². The standard InChI is InChI=1S/C24H19Cl2FN2O4/c1-13-3-2-4-18-21(13)24(33)29(23(18)32)28(12-20(30)14-5-8-16(27)9-6-14)22(31)17-10-7-15(25)11-19(17)26/h2-3,5-11,13,18,21H,4,12H2,1H3/t13-,18-,21-/m1/s1. The number of hydrogen-bond donors (Lipinski definition) is 0. The minimum Gasteiger partial charge on any atom is -0.292 e. The van der Waals surface area contributed by atoms with Gasteiger partial charge in [0.1, 0.15) is 12.4 Å². The van der Waals surface area contributed by atoms with Gasteiger partial charge in [0.05, 0.1) is 22.4 Å². The Morgan fingerprint density at radius 1 is 1.09 bits per heavy atom. The summed E-state index contributed by atoms with van der Waals surface area (Å²) in [6, 6.07) is 8.94. The van der Waals surface area contributed by atoms with Gasteiger partial charge in [-0.1, -0.05) is 42.3 Å². The molecule has 3 amide bonds. The number of carbonyl (C=O) groups is 4. The number of amides is 3. The summed E-state index contributed by atoms with van der Waals surface area (Å²) in [6.45, 7) is 1.22. The van der Waals surface area contributed by atoms with E-state index in [1.165, 1.54) is 30.3 Å². The van der Waals surface area contributed by atoms with E-state index in [9.17, 15) is 23.6 Å². The molecule has 0 unspecified atom stereocenters. The molecule has 170 valence electrons. The molecule has 0 bridgehead atoms. The van der Waals surface area contributed by atoms with E-state index in [0.717, 1.165) is 22.2 Å². The van der Waals surface area contributed by atoms with Crippen LogP contribution in [0.2, 0.25) is 10.0 Å². The lowest BCUT2D eigenvalue weighted by molar-refractivity contribution is -0.154. The van der Waals surface area contributed by atoms with Crippen LogP contribution < -0.4 is 0 Å². The quantitative estimate of drug-likeness (QED) is 0.351. The SMILES string of the molecule is C[C@@H]1C=CC[C@H]2C(=O)N(N(CC(=O)c3ccc(F)cc3)C(=O)c3ccc(Cl)cc3Cl)C(=O)[C@H]12. The molecule has 0 N–H and O–H groups in total. The lowest BCUT2D eigenvalue weighted by Gasteiger charge is -2.30. The lowest BCUT2D eigenvalue weighted by Crippen LogP contribution is -2.52. The van der Waals surface area contributed by atoms with Crippen molar-refractivity contribution in [2.24, 2.45) is 17.8 Å². The molecule has 3 atom stereocenters. The number of ketones is 1. The van der Waals surface area contributed by atoms with Crippen molar-refractivity contribution in [3.63, 3.8) is 0 Å². The molecule has 33 heavy (non-hydrogen) atoms. The second-order valence-electron chi connectivity index (χ2n) is 8.06. The fraction of sp³-hybridized carbons (Fsp3) is 0.250. The van der Waals surface area contributed by atoms with Crippen LogP contribution >= 0.6 is 23.2 Å². The molecular weight excluding hydrogens is 470 g/mol. The Kier molecular flexibility index (Phi) is 6.36. The molecular formula is C24H19Cl2FN2O4. The van der Waals surface area contributed by atoms with Crippen molar-refractivity contribution in [1.29, 1.82) is 0 Å². The summed E-state index contributed by atoms with van der Waals surface area (Å²) in [5.41, 5.74) is 0.109. The van der Waals surface area contributed by atoms with Crippen LogP contribution in [0.3, 0.4) is 0 Å². The third-order valence-electron chi connectivity index (χ3n) is 5.95. The number of nitrogens with zero attached hydrogens (tertiary/aromatic N) is 2. The molecule has 1 aliphatic heterocycles. The molecule has 4 rings (SSSR count). The number of hydrogen-bond acceptors (Lipinski definition) is 4. The van der Waals surface area contributed by atoms with Crippen LogP contribution in [0.5, 0.6) is 0 Å². The van der Waals surface area contributed by atoms with Crippen LogP contribution in [0.4, 0.5) is 4.39 Å². The molecule has 1 fully saturated rings. The summed E-state index contributed by atoms with van der Waals surface area (Å²) >= 11 is 12.1. The molecule has 2 aromatic carbocycles. The van der Waals surface area contributed by atoms with E-state index in [1.54, 1.807) is 0 Å². The van der Waals surface area contributed by atoms with Crippen molar-refractivity contribution >= 4 is 46.7 Å². The second kappa shape index (κ2) is 9.08. The maximum atomic E-state index is 13.5. The van der Waals surface area contributed by atoms with Gasteiger partial charge in [-0.2, -0.15) is 5.01 Å². The number of carbonyl (C=O) groups excluding carboxylic acids is 4. The lowest BCUT2D eigenvalue weighted by atomic mass is 9.78. The van der Waals surface area contributed by atoms with Gasteiger partial charge >= 0.3 is 0 Å². The van der Waals surface area contributed by atoms with Crippen molar-refractivity contribution in [1.82, 2.24) is 10.0 Å². The van der Waals surface area contributed by atoms with Crippen molar-refractivity contribution in [3.05, 3.63) is 81.6 Å². The summed E-state index contributed by atoms with van der Waals surface area (Å²) in [4.78, 5) is 53.0. The van der Waals surface area contributed by atoms with Gasteiger partial charge in [0.2, 0.25) is 0 Å². The average molecular weight is 489 g/mol. The molecule has 1 heterocycles.